The summed E-state index contributed by atoms with van der Waals surface area (Å²) in [5, 5.41) is 4.12. The Morgan fingerprint density at radius 2 is 2.00 bits per heavy atom. The summed E-state index contributed by atoms with van der Waals surface area (Å²) in [6, 6.07) is 3.70. The molecule has 0 unspecified atom stereocenters. The maximum absolute atomic E-state index is 6.01. The van der Waals surface area contributed by atoms with Crippen LogP contribution in [-0.2, 0) is 0 Å². The van der Waals surface area contributed by atoms with Gasteiger partial charge in [-0.05, 0) is 28.1 Å². The Bertz CT molecular complexity index is 366. The third-order valence-electron chi connectivity index (χ3n) is 1.51. The molecule has 0 aliphatic rings. The Hall–Kier alpha value is 0.300. The van der Waals surface area contributed by atoms with E-state index in [0.717, 1.165) is 14.6 Å². The average molecular weight is 360 g/mol. The predicted molar refractivity (Wildman–Crippen MR) is 70.7 cm³/mol. The van der Waals surface area contributed by atoms with Gasteiger partial charge in [-0.25, -0.2) is 0 Å². The highest BCUT2D eigenvalue weighted by Crippen LogP contribution is 2.35. The van der Waals surface area contributed by atoms with Gasteiger partial charge in [-0.3, -0.25) is 0 Å². The lowest BCUT2D eigenvalue weighted by molar-refractivity contribution is 1.33. The van der Waals surface area contributed by atoms with Crippen LogP contribution in [0.2, 0.25) is 10.0 Å². The van der Waals surface area contributed by atoms with Crippen LogP contribution in [-0.4, -0.2) is 6.54 Å². The molecule has 0 aliphatic carbocycles. The highest BCUT2D eigenvalue weighted by Gasteiger charge is 2.07. The summed E-state index contributed by atoms with van der Waals surface area (Å²) < 4.78 is 1.64. The van der Waals surface area contributed by atoms with Crippen molar-refractivity contribution in [1.29, 1.82) is 0 Å². The molecule has 1 aromatic rings. The minimum Gasteiger partial charge on any atom is -0.379 e. The summed E-state index contributed by atoms with van der Waals surface area (Å²) in [7, 11) is 0. The number of nitrogens with one attached hydrogen (secondary N) is 1. The molecule has 0 atom stereocenters. The molecule has 76 valence electrons. The standard InChI is InChI=1S/C9H7Br2Cl2N/c1-5(10)4-14-7-3-2-6(11)8(12)9(7)13/h2-3,14H,1,4H2. The van der Waals surface area contributed by atoms with Crippen LogP contribution >= 0.6 is 55.1 Å². The van der Waals surface area contributed by atoms with Gasteiger partial charge in [0, 0.05) is 15.5 Å². The molecule has 1 aromatic carbocycles. The molecule has 1 nitrogen and oxygen atoms in total. The number of hydrogen-bond donors (Lipinski definition) is 1. The van der Waals surface area contributed by atoms with Gasteiger partial charge < -0.3 is 5.32 Å². The molecule has 1 N–H and O–H groups in total. The Labute approximate surface area is 110 Å². The quantitative estimate of drug-likeness (QED) is 0.742. The van der Waals surface area contributed by atoms with Crippen LogP contribution in [0.5, 0.6) is 0 Å². The smallest absolute Gasteiger partial charge is 0.0835 e. The molecule has 0 saturated carbocycles. The summed E-state index contributed by atoms with van der Waals surface area (Å²) in [4.78, 5) is 0. The lowest BCUT2D eigenvalue weighted by atomic mass is 10.3. The van der Waals surface area contributed by atoms with Crippen molar-refractivity contribution in [2.45, 2.75) is 0 Å². The Kier molecular flexibility index (Phi) is 4.77. The number of rotatable bonds is 3. The molecular weight excluding hydrogens is 353 g/mol. The lowest BCUT2D eigenvalue weighted by Crippen LogP contribution is -2.01. The molecule has 1 rings (SSSR count). The van der Waals surface area contributed by atoms with Gasteiger partial charge in [-0.2, -0.15) is 0 Å². The van der Waals surface area contributed by atoms with Crippen molar-refractivity contribution < 1.29 is 0 Å². The predicted octanol–water partition coefficient (Wildman–Crippen LogP) is 5.08. The highest BCUT2D eigenvalue weighted by molar-refractivity contribution is 9.11. The van der Waals surface area contributed by atoms with Crippen molar-refractivity contribution in [3.8, 4) is 0 Å². The van der Waals surface area contributed by atoms with E-state index in [0.29, 0.717) is 16.6 Å². The number of hydrogen-bond acceptors (Lipinski definition) is 1. The van der Waals surface area contributed by atoms with Crippen LogP contribution in [0.1, 0.15) is 0 Å². The fourth-order valence-electron chi connectivity index (χ4n) is 0.854. The number of halogens is 4. The van der Waals surface area contributed by atoms with Gasteiger partial charge >= 0.3 is 0 Å². The van der Waals surface area contributed by atoms with Gasteiger partial charge in [0.15, 0.2) is 0 Å². The monoisotopic (exact) mass is 357 g/mol. The van der Waals surface area contributed by atoms with E-state index < -0.39 is 0 Å². The second-order valence-corrected chi connectivity index (χ2v) is 5.33. The van der Waals surface area contributed by atoms with E-state index in [1.807, 2.05) is 12.1 Å². The summed E-state index contributed by atoms with van der Waals surface area (Å²) >= 11 is 18.5. The van der Waals surface area contributed by atoms with E-state index in [1.165, 1.54) is 0 Å². The second-order valence-electron chi connectivity index (χ2n) is 2.59. The molecule has 5 heteroatoms. The van der Waals surface area contributed by atoms with E-state index >= 15 is 0 Å². The van der Waals surface area contributed by atoms with Gasteiger partial charge in [0.25, 0.3) is 0 Å². The van der Waals surface area contributed by atoms with Crippen molar-refractivity contribution in [3.05, 3.63) is 37.7 Å². The van der Waals surface area contributed by atoms with Crippen LogP contribution in [0.25, 0.3) is 0 Å². The van der Waals surface area contributed by atoms with Gasteiger partial charge in [0.05, 0.1) is 15.7 Å². The topological polar surface area (TPSA) is 12.0 Å². The first kappa shape index (κ1) is 12.4. The fraction of sp³-hybridized carbons (Fsp3) is 0.111. The van der Waals surface area contributed by atoms with Crippen LogP contribution in [0.15, 0.2) is 27.7 Å². The van der Waals surface area contributed by atoms with Gasteiger partial charge in [-0.1, -0.05) is 45.7 Å². The maximum atomic E-state index is 6.01. The maximum Gasteiger partial charge on any atom is 0.0835 e. The molecule has 0 aromatic heterocycles. The molecule has 0 aliphatic heterocycles. The Morgan fingerprint density at radius 1 is 1.36 bits per heavy atom. The summed E-state index contributed by atoms with van der Waals surface area (Å²) in [6.45, 7) is 4.32. The number of benzene rings is 1. The van der Waals surface area contributed by atoms with Crippen molar-refractivity contribution in [2.24, 2.45) is 0 Å². The molecule has 0 fully saturated rings. The van der Waals surface area contributed by atoms with Crippen molar-refractivity contribution in [1.82, 2.24) is 0 Å². The first-order valence-electron chi connectivity index (χ1n) is 3.73. The third-order valence-corrected chi connectivity index (χ3v) is 3.56. The van der Waals surface area contributed by atoms with E-state index in [4.69, 9.17) is 23.2 Å². The highest BCUT2D eigenvalue weighted by atomic mass is 79.9. The largest absolute Gasteiger partial charge is 0.379 e. The zero-order chi connectivity index (χ0) is 10.7. The van der Waals surface area contributed by atoms with Crippen molar-refractivity contribution in [2.75, 3.05) is 11.9 Å². The van der Waals surface area contributed by atoms with E-state index in [2.05, 4.69) is 43.8 Å². The van der Waals surface area contributed by atoms with Gasteiger partial charge in [0.1, 0.15) is 0 Å². The Balaban J connectivity index is 2.88. The molecule has 14 heavy (non-hydrogen) atoms. The molecule has 0 heterocycles. The van der Waals surface area contributed by atoms with Crippen LogP contribution in [0.3, 0.4) is 0 Å². The molecule has 0 amide bonds. The SMILES string of the molecule is C=C(Br)CNc1ccc(Br)c(Cl)c1Cl. The lowest BCUT2D eigenvalue weighted by Gasteiger charge is -2.09. The molecule has 0 bridgehead atoms. The first-order valence-corrected chi connectivity index (χ1v) is 6.07. The minimum absolute atomic E-state index is 0.509. The third kappa shape index (κ3) is 3.16. The molecule has 0 radical (unpaired) electrons. The zero-order valence-electron chi connectivity index (χ0n) is 7.08. The van der Waals surface area contributed by atoms with Crippen molar-refractivity contribution in [3.63, 3.8) is 0 Å². The van der Waals surface area contributed by atoms with Crippen LogP contribution in [0, 0.1) is 0 Å². The zero-order valence-corrected chi connectivity index (χ0v) is 11.8. The van der Waals surface area contributed by atoms with E-state index in [9.17, 15) is 0 Å². The van der Waals surface area contributed by atoms with Crippen molar-refractivity contribution >= 4 is 60.7 Å². The van der Waals surface area contributed by atoms with E-state index in [-0.39, 0.29) is 0 Å². The number of anilines is 1. The van der Waals surface area contributed by atoms with Gasteiger partial charge in [0.2, 0.25) is 0 Å². The fourth-order valence-corrected chi connectivity index (χ4v) is 1.83. The van der Waals surface area contributed by atoms with Crippen LogP contribution < -0.4 is 5.32 Å². The molecular formula is C9H7Br2Cl2N. The Morgan fingerprint density at radius 3 is 2.57 bits per heavy atom. The molecule has 0 saturated heterocycles. The summed E-state index contributed by atoms with van der Waals surface area (Å²) in [5.41, 5.74) is 0.792. The molecule has 0 spiro atoms. The average Bonchev–Trinajstić information content (AvgIpc) is 2.13. The second kappa shape index (κ2) is 5.40. The normalized spacial score (nSPS) is 10.0. The summed E-state index contributed by atoms with van der Waals surface area (Å²) in [5.74, 6) is 0. The van der Waals surface area contributed by atoms with Gasteiger partial charge in [-0.15, -0.1) is 0 Å². The minimum atomic E-state index is 0.509. The summed E-state index contributed by atoms with van der Waals surface area (Å²) in [6.07, 6.45) is 0. The first-order chi connectivity index (χ1) is 6.52. The van der Waals surface area contributed by atoms with E-state index in [1.54, 1.807) is 0 Å². The van der Waals surface area contributed by atoms with Crippen LogP contribution in [0.4, 0.5) is 5.69 Å².